The highest BCUT2D eigenvalue weighted by Crippen LogP contribution is 2.64. The number of aliphatic hydroxyl groups is 1. The molecule has 5 rings (SSSR count). The first-order chi connectivity index (χ1) is 37.4. The predicted octanol–water partition coefficient (Wildman–Crippen LogP) is 11.3. The third-order valence-corrected chi connectivity index (χ3v) is 12.1. The van der Waals surface area contributed by atoms with Crippen LogP contribution in [-0.2, 0) is 69.2 Å². The van der Waals surface area contributed by atoms with E-state index >= 15 is 0 Å². The predicted molar refractivity (Wildman–Crippen MR) is 245 cm³/mol. The van der Waals surface area contributed by atoms with E-state index in [0.717, 1.165) is 22.3 Å². The first-order valence-corrected chi connectivity index (χ1v) is 24.1. The average molecular weight is 1170 g/mol. The number of hydrogen-bond donors (Lipinski definition) is 2. The van der Waals surface area contributed by atoms with E-state index in [9.17, 15) is 89.3 Å². The summed E-state index contributed by atoms with van der Waals surface area (Å²) in [6, 6.07) is 36.3. The number of rotatable bonds is 31. The summed E-state index contributed by atoms with van der Waals surface area (Å²) in [5.74, 6) is -59.7. The molecule has 80 heavy (non-hydrogen) atoms. The van der Waals surface area contributed by atoms with Crippen molar-refractivity contribution in [3.63, 3.8) is 0 Å². The Morgan fingerprint density at radius 2 is 0.938 bits per heavy atom. The van der Waals surface area contributed by atoms with Crippen molar-refractivity contribution in [2.75, 3.05) is 26.4 Å². The third kappa shape index (κ3) is 15.5. The highest BCUT2D eigenvalue weighted by atomic mass is 19.4. The summed E-state index contributed by atoms with van der Waals surface area (Å²) in [6.07, 6.45) is -20.9. The number of alkyl halides is 17. The molecule has 2 N–H and O–H groups in total. The normalized spacial score (nSPS) is 19.4. The van der Waals surface area contributed by atoms with Gasteiger partial charge >= 0.3 is 53.6 Å². The standard InChI is InChI=1S/C52H52F17NO10/c53-45(54,46(55,56)47(57,58)48(59,60)49(61,62)50(63,64)51(65,66)52(67,68)69)24-13-25-70-39(72)22-23-40(73)75-31-37(26-71)79-44-43(78-30-36-20-11-4-12-21-36)42(77-29-35-18-9-3-10-19-35)41(76-28-34-16-7-2-8-17-34)38(80-44)32-74-27-33-14-5-1-6-15-33/h1-12,14-21,37-38,41-44,71H,13,22-32H2,(H,70,72)/t37-,38+,41+,42-,43+,44-/m0/s1. The number of ether oxygens (including phenoxy) is 7. The van der Waals surface area contributed by atoms with Gasteiger partial charge in [0.25, 0.3) is 0 Å². The fourth-order valence-electron chi connectivity index (χ4n) is 7.63. The van der Waals surface area contributed by atoms with Gasteiger partial charge in [0.05, 0.1) is 46.1 Å². The molecule has 0 unspecified atom stereocenters. The van der Waals surface area contributed by atoms with Crippen LogP contribution in [-0.4, -0.2) is 128 Å². The molecule has 28 heteroatoms. The van der Waals surface area contributed by atoms with Crippen LogP contribution in [0.3, 0.4) is 0 Å². The van der Waals surface area contributed by atoms with Crippen molar-refractivity contribution in [1.82, 2.24) is 5.32 Å². The number of nitrogens with one attached hydrogen (secondary N) is 1. The summed E-state index contributed by atoms with van der Waals surface area (Å²) in [4.78, 5) is 25.2. The Morgan fingerprint density at radius 3 is 1.39 bits per heavy atom. The van der Waals surface area contributed by atoms with Gasteiger partial charge in [-0.2, -0.15) is 74.6 Å². The van der Waals surface area contributed by atoms with E-state index in [-0.39, 0.29) is 33.0 Å². The fraction of sp³-hybridized carbons (Fsp3) is 0.500. The van der Waals surface area contributed by atoms with Gasteiger partial charge in [0.1, 0.15) is 37.1 Å². The van der Waals surface area contributed by atoms with E-state index < -0.39 is 142 Å². The van der Waals surface area contributed by atoms with Crippen LogP contribution in [0.15, 0.2) is 121 Å². The molecule has 1 saturated heterocycles. The number of carbonyl (C=O) groups excluding carboxylic acids is 2. The lowest BCUT2D eigenvalue weighted by atomic mass is 9.88. The highest BCUT2D eigenvalue weighted by molar-refractivity contribution is 5.81. The van der Waals surface area contributed by atoms with E-state index in [1.165, 1.54) is 0 Å². The molecule has 11 nitrogen and oxygen atoms in total. The van der Waals surface area contributed by atoms with E-state index in [4.69, 9.17) is 33.2 Å². The Bertz CT molecular complexity index is 2520. The number of aliphatic hydroxyl groups excluding tert-OH is 1. The summed E-state index contributed by atoms with van der Waals surface area (Å²) in [5, 5.41) is 12.2. The second-order valence-corrected chi connectivity index (χ2v) is 18.1. The van der Waals surface area contributed by atoms with Gasteiger partial charge < -0.3 is 43.6 Å². The quantitative estimate of drug-likeness (QED) is 0.0285. The van der Waals surface area contributed by atoms with Gasteiger partial charge in [-0.3, -0.25) is 9.59 Å². The molecule has 0 radical (unpaired) electrons. The molecule has 4 aromatic rings. The van der Waals surface area contributed by atoms with Crippen molar-refractivity contribution in [3.8, 4) is 0 Å². The third-order valence-electron chi connectivity index (χ3n) is 12.1. The van der Waals surface area contributed by atoms with E-state index in [1.54, 1.807) is 47.8 Å². The number of amides is 1. The Kier molecular flexibility index (Phi) is 22.3. The van der Waals surface area contributed by atoms with Crippen molar-refractivity contribution in [2.24, 2.45) is 0 Å². The van der Waals surface area contributed by atoms with Crippen molar-refractivity contribution in [2.45, 2.75) is 137 Å². The van der Waals surface area contributed by atoms with Crippen LogP contribution in [0.1, 0.15) is 47.9 Å². The van der Waals surface area contributed by atoms with Gasteiger partial charge in [0.15, 0.2) is 6.29 Å². The maximum Gasteiger partial charge on any atom is 0.460 e. The lowest BCUT2D eigenvalue weighted by Gasteiger charge is -2.46. The monoisotopic (exact) mass is 1170 g/mol. The zero-order valence-electron chi connectivity index (χ0n) is 41.5. The van der Waals surface area contributed by atoms with Gasteiger partial charge in [0, 0.05) is 19.4 Å². The van der Waals surface area contributed by atoms with Gasteiger partial charge in [-0.25, -0.2) is 0 Å². The Balaban J connectivity index is 1.24. The van der Waals surface area contributed by atoms with Crippen LogP contribution in [0.5, 0.6) is 0 Å². The van der Waals surface area contributed by atoms with Gasteiger partial charge in [-0.1, -0.05) is 121 Å². The van der Waals surface area contributed by atoms with Gasteiger partial charge in [0.2, 0.25) is 5.91 Å². The minimum atomic E-state index is -8.75. The summed E-state index contributed by atoms with van der Waals surface area (Å²) in [5.41, 5.74) is 3.10. The average Bonchev–Trinajstić information content (AvgIpc) is 2.90. The largest absolute Gasteiger partial charge is 0.463 e. The molecule has 444 valence electrons. The van der Waals surface area contributed by atoms with Crippen LogP contribution in [0.2, 0.25) is 0 Å². The number of carbonyl (C=O) groups is 2. The lowest BCUT2D eigenvalue weighted by Crippen LogP contribution is -2.74. The molecular weight excluding hydrogens is 1120 g/mol. The number of benzene rings is 4. The molecule has 0 aliphatic carbocycles. The second-order valence-electron chi connectivity index (χ2n) is 18.1. The first kappa shape index (κ1) is 65.2. The van der Waals surface area contributed by atoms with Crippen LogP contribution < -0.4 is 5.32 Å². The number of hydrogen-bond acceptors (Lipinski definition) is 10. The molecule has 1 fully saturated rings. The van der Waals surface area contributed by atoms with Crippen LogP contribution in [0, 0.1) is 0 Å². The maximum absolute atomic E-state index is 14.4. The summed E-state index contributed by atoms with van der Waals surface area (Å²) in [7, 11) is 0. The molecule has 4 aromatic carbocycles. The van der Waals surface area contributed by atoms with Gasteiger partial charge in [-0.05, 0) is 28.7 Å². The number of halogens is 17. The summed E-state index contributed by atoms with van der Waals surface area (Å²) < 4.78 is 275. The number of esters is 1. The van der Waals surface area contributed by atoms with Crippen molar-refractivity contribution < 1.29 is 122 Å². The molecule has 0 aromatic heterocycles. The Hall–Kier alpha value is -5.65. The minimum Gasteiger partial charge on any atom is -0.463 e. The molecule has 1 heterocycles. The summed E-state index contributed by atoms with van der Waals surface area (Å²) in [6.45, 7) is -2.70. The fourth-order valence-corrected chi connectivity index (χ4v) is 7.63. The lowest BCUT2D eigenvalue weighted by molar-refractivity contribution is -0.461. The zero-order valence-corrected chi connectivity index (χ0v) is 41.5. The topological polar surface area (TPSA) is 131 Å². The zero-order chi connectivity index (χ0) is 59.2. The van der Waals surface area contributed by atoms with Crippen LogP contribution in [0.4, 0.5) is 74.6 Å². The van der Waals surface area contributed by atoms with Crippen LogP contribution in [0.25, 0.3) is 0 Å². The Labute approximate surface area is 445 Å². The van der Waals surface area contributed by atoms with E-state index in [0.29, 0.717) is 0 Å². The van der Waals surface area contributed by atoms with Crippen molar-refractivity contribution >= 4 is 11.9 Å². The van der Waals surface area contributed by atoms with Crippen molar-refractivity contribution in [3.05, 3.63) is 144 Å². The molecule has 0 saturated carbocycles. The molecule has 0 bridgehead atoms. The molecule has 1 aliphatic rings. The van der Waals surface area contributed by atoms with E-state index in [2.05, 4.69) is 0 Å². The molecule has 6 atom stereocenters. The van der Waals surface area contributed by atoms with Crippen molar-refractivity contribution in [1.29, 1.82) is 0 Å². The second kappa shape index (κ2) is 27.4. The molecule has 0 spiro atoms. The van der Waals surface area contributed by atoms with Crippen LogP contribution >= 0.6 is 0 Å². The summed E-state index contributed by atoms with van der Waals surface area (Å²) >= 11 is 0. The molecule has 1 aliphatic heterocycles. The Morgan fingerprint density at radius 1 is 0.525 bits per heavy atom. The smallest absolute Gasteiger partial charge is 0.460 e. The van der Waals surface area contributed by atoms with E-state index in [1.807, 2.05) is 78.9 Å². The van der Waals surface area contributed by atoms with Gasteiger partial charge in [-0.15, -0.1) is 0 Å². The maximum atomic E-state index is 14.4. The molecular formula is C52H52F17NO10. The SMILES string of the molecule is O=C(CCC(=O)OC[C@H](CO)O[C@H]1O[C@H](COCc2ccccc2)[C@@H](OCc2ccccc2)[C@H](OCc2ccccc2)[C@H]1OCc1ccccc1)NCCCC(F)(F)C(F)(F)C(F)(F)C(F)(F)C(F)(F)C(F)(F)C(F)(F)C(F)(F)F. The first-order valence-electron chi connectivity index (χ1n) is 24.1. The minimum absolute atomic E-state index is 0.0287. The highest BCUT2D eigenvalue weighted by Gasteiger charge is 2.95. The molecule has 1 amide bonds.